The maximum atomic E-state index is 13.5. The molecule has 2 amide bonds. The molecule has 0 fully saturated rings. The average molecular weight is 803 g/mol. The molecule has 2 N–H and O–H groups in total. The van der Waals surface area contributed by atoms with Gasteiger partial charge in [-0.25, -0.2) is 32.9 Å². The molecular formula is C30H27ClN10O11S2. The van der Waals surface area contributed by atoms with Crippen LogP contribution in [0.3, 0.4) is 0 Å². The molecule has 0 atom stereocenters. The Morgan fingerprint density at radius 3 is 2.70 bits per heavy atom. The van der Waals surface area contributed by atoms with Gasteiger partial charge in [0, 0.05) is 24.2 Å². The highest BCUT2D eigenvalue weighted by atomic mass is 35.5. The van der Waals surface area contributed by atoms with E-state index in [-0.39, 0.29) is 71.4 Å². The summed E-state index contributed by atoms with van der Waals surface area (Å²) in [7, 11) is -4.31. The van der Waals surface area contributed by atoms with Crippen molar-refractivity contribution in [2.75, 3.05) is 38.4 Å². The average Bonchev–Trinajstić information content (AvgIpc) is 3.91. The highest BCUT2D eigenvalue weighted by molar-refractivity contribution is 7.91. The standard InChI is InChI=1S/C30H27ClN10O11S2/c1-2-49-24(43)12-39(8-7-35-54(47,48)30-38-37-28(53-30)19-5-4-18(31)10-20(19)41(45)46)23(42)11-40-15-34-25-26(32-14-33-27(25)40)36-29(44)50-13-17-3-6-21-22(9-17)52-16-51-21/h3-6,9-10,14-15,35H,2,7-8,11-13,16H2,1H3,(H,32,33,36,44). The van der Waals surface area contributed by atoms with Crippen LogP contribution in [0.5, 0.6) is 11.5 Å². The number of halogens is 1. The number of nitrogens with zero attached hydrogens (tertiary/aromatic N) is 8. The zero-order chi connectivity index (χ0) is 38.4. The number of nitrogens with one attached hydrogen (secondary N) is 2. The molecule has 4 heterocycles. The largest absolute Gasteiger partial charge is 0.465 e. The molecular weight excluding hydrogens is 776 g/mol. The summed E-state index contributed by atoms with van der Waals surface area (Å²) < 4.78 is 50.2. The number of fused-ring (bicyclic) bond motifs is 2. The van der Waals surface area contributed by atoms with Gasteiger partial charge < -0.3 is 28.4 Å². The fourth-order valence-corrected chi connectivity index (χ4v) is 7.20. The molecule has 0 radical (unpaired) electrons. The number of imidazole rings is 1. The van der Waals surface area contributed by atoms with Gasteiger partial charge in [0.2, 0.25) is 17.0 Å². The summed E-state index contributed by atoms with van der Waals surface area (Å²) in [5.41, 5.74) is 0.587. The third-order valence-corrected chi connectivity index (χ3v) is 10.4. The minimum absolute atomic E-state index is 0.00479. The number of ether oxygens (including phenoxy) is 4. The van der Waals surface area contributed by atoms with Crippen LogP contribution >= 0.6 is 22.9 Å². The number of hydrogen-bond donors (Lipinski definition) is 2. The van der Waals surface area contributed by atoms with E-state index in [9.17, 15) is 32.9 Å². The van der Waals surface area contributed by atoms with Crippen molar-refractivity contribution in [2.24, 2.45) is 0 Å². The number of aromatic nitrogens is 6. The summed E-state index contributed by atoms with van der Waals surface area (Å²) in [5.74, 6) is -0.251. The number of hydrogen-bond acceptors (Lipinski definition) is 17. The van der Waals surface area contributed by atoms with Crippen LogP contribution in [0.2, 0.25) is 5.02 Å². The monoisotopic (exact) mass is 802 g/mol. The molecule has 1 aliphatic heterocycles. The third-order valence-electron chi connectivity index (χ3n) is 7.41. The van der Waals surface area contributed by atoms with E-state index in [0.29, 0.717) is 28.4 Å². The molecule has 3 aromatic heterocycles. The number of nitro groups is 1. The molecule has 282 valence electrons. The summed E-state index contributed by atoms with van der Waals surface area (Å²) in [6.07, 6.45) is 1.59. The summed E-state index contributed by atoms with van der Waals surface area (Å²) in [6, 6.07) is 8.93. The Bertz CT molecular complexity index is 2360. The van der Waals surface area contributed by atoms with Gasteiger partial charge in [0.25, 0.3) is 15.7 Å². The number of nitro benzene ring substituents is 1. The van der Waals surface area contributed by atoms with Crippen molar-refractivity contribution in [3.63, 3.8) is 0 Å². The molecule has 0 spiro atoms. The number of benzene rings is 2. The summed E-state index contributed by atoms with van der Waals surface area (Å²) in [5, 5.41) is 21.5. The lowest BCUT2D eigenvalue weighted by Crippen LogP contribution is -2.43. The molecule has 24 heteroatoms. The molecule has 0 saturated heterocycles. The van der Waals surface area contributed by atoms with E-state index < -0.39 is 50.3 Å². The van der Waals surface area contributed by atoms with Gasteiger partial charge in [-0.05, 0) is 36.8 Å². The van der Waals surface area contributed by atoms with Gasteiger partial charge in [0.15, 0.2) is 33.5 Å². The van der Waals surface area contributed by atoms with Gasteiger partial charge in [-0.1, -0.05) is 29.0 Å². The Hall–Kier alpha value is -6.04. The normalized spacial score (nSPS) is 12.0. The first kappa shape index (κ1) is 37.7. The fourth-order valence-electron chi connectivity index (χ4n) is 4.94. The Morgan fingerprint density at radius 2 is 1.91 bits per heavy atom. The fraction of sp³-hybridized carbons (Fsp3) is 0.267. The number of rotatable bonds is 15. The molecule has 1 aliphatic rings. The highest BCUT2D eigenvalue weighted by Crippen LogP contribution is 2.35. The maximum absolute atomic E-state index is 13.5. The molecule has 2 aromatic carbocycles. The third kappa shape index (κ3) is 8.76. The van der Waals surface area contributed by atoms with Crippen molar-refractivity contribution in [3.8, 4) is 22.1 Å². The highest BCUT2D eigenvalue weighted by Gasteiger charge is 2.26. The van der Waals surface area contributed by atoms with Gasteiger partial charge >= 0.3 is 12.1 Å². The predicted octanol–water partition coefficient (Wildman–Crippen LogP) is 2.75. The molecule has 0 bridgehead atoms. The minimum atomic E-state index is -4.31. The van der Waals surface area contributed by atoms with Crippen molar-refractivity contribution in [3.05, 3.63) is 69.8 Å². The smallest absolute Gasteiger partial charge is 0.413 e. The van der Waals surface area contributed by atoms with E-state index in [1.807, 2.05) is 0 Å². The van der Waals surface area contributed by atoms with E-state index >= 15 is 0 Å². The second kappa shape index (κ2) is 16.3. The summed E-state index contributed by atoms with van der Waals surface area (Å²) in [4.78, 5) is 62.9. The SMILES string of the molecule is CCOC(=O)CN(CCNS(=O)(=O)c1nnc(-c2ccc(Cl)cc2[N+](=O)[O-])s1)C(=O)Cn1cnc2c(NC(=O)OCc3ccc4c(c3)OCO4)ncnc21. The van der Waals surface area contributed by atoms with Crippen molar-refractivity contribution in [2.45, 2.75) is 24.4 Å². The van der Waals surface area contributed by atoms with Gasteiger partial charge in [0.1, 0.15) is 26.0 Å². The zero-order valence-electron chi connectivity index (χ0n) is 27.8. The van der Waals surface area contributed by atoms with Crippen LogP contribution in [0.4, 0.5) is 16.3 Å². The van der Waals surface area contributed by atoms with Crippen LogP contribution in [0.25, 0.3) is 21.7 Å². The molecule has 6 rings (SSSR count). The van der Waals surface area contributed by atoms with E-state index in [0.717, 1.165) is 17.3 Å². The second-order valence-electron chi connectivity index (χ2n) is 11.0. The van der Waals surface area contributed by atoms with Crippen LogP contribution in [0, 0.1) is 10.1 Å². The van der Waals surface area contributed by atoms with Crippen LogP contribution in [-0.4, -0.2) is 99.0 Å². The van der Waals surface area contributed by atoms with Gasteiger partial charge in [0.05, 0.1) is 23.4 Å². The van der Waals surface area contributed by atoms with Gasteiger partial charge in [-0.2, -0.15) is 0 Å². The summed E-state index contributed by atoms with van der Waals surface area (Å²) >= 11 is 6.46. The molecule has 0 aliphatic carbocycles. The Balaban J connectivity index is 1.09. The van der Waals surface area contributed by atoms with Crippen molar-refractivity contribution in [1.29, 1.82) is 0 Å². The van der Waals surface area contributed by atoms with Crippen LogP contribution in [0.1, 0.15) is 12.5 Å². The zero-order valence-corrected chi connectivity index (χ0v) is 30.2. The second-order valence-corrected chi connectivity index (χ2v) is 14.3. The Morgan fingerprint density at radius 1 is 1.09 bits per heavy atom. The van der Waals surface area contributed by atoms with E-state index in [1.165, 1.54) is 23.0 Å². The lowest BCUT2D eigenvalue weighted by molar-refractivity contribution is -0.384. The lowest BCUT2D eigenvalue weighted by Gasteiger charge is -2.22. The Kier molecular flexibility index (Phi) is 11.4. The van der Waals surface area contributed by atoms with Gasteiger partial charge in [-0.3, -0.25) is 25.0 Å². The Labute approximate surface area is 313 Å². The molecule has 0 unspecified atom stereocenters. The van der Waals surface area contributed by atoms with Crippen LogP contribution in [-0.2, 0) is 42.2 Å². The molecule has 54 heavy (non-hydrogen) atoms. The number of amides is 2. The minimum Gasteiger partial charge on any atom is -0.465 e. The maximum Gasteiger partial charge on any atom is 0.413 e. The van der Waals surface area contributed by atoms with Crippen LogP contribution in [0.15, 0.2) is 53.4 Å². The first-order chi connectivity index (χ1) is 25.9. The topological polar surface area (TPSA) is 262 Å². The number of esters is 1. The number of carbonyl (C=O) groups excluding carboxylic acids is 3. The predicted molar refractivity (Wildman–Crippen MR) is 187 cm³/mol. The van der Waals surface area contributed by atoms with Crippen molar-refractivity contribution < 1.29 is 46.7 Å². The molecule has 5 aromatic rings. The van der Waals surface area contributed by atoms with Gasteiger partial charge in [-0.15, -0.1) is 10.2 Å². The van der Waals surface area contributed by atoms with Crippen LogP contribution < -0.4 is 19.5 Å². The summed E-state index contributed by atoms with van der Waals surface area (Å²) in [6.45, 7) is 0.0926. The quantitative estimate of drug-likeness (QED) is 0.0876. The van der Waals surface area contributed by atoms with E-state index in [2.05, 4.69) is 35.2 Å². The van der Waals surface area contributed by atoms with E-state index in [1.54, 1.807) is 25.1 Å². The number of anilines is 1. The van der Waals surface area contributed by atoms with Crippen molar-refractivity contribution in [1.82, 2.24) is 39.3 Å². The first-order valence-electron chi connectivity index (χ1n) is 15.6. The molecule has 21 nitrogen and oxygen atoms in total. The van der Waals surface area contributed by atoms with E-state index in [4.69, 9.17) is 30.5 Å². The first-order valence-corrected chi connectivity index (χ1v) is 18.3. The number of carbonyl (C=O) groups is 3. The van der Waals surface area contributed by atoms with Crippen molar-refractivity contribution >= 4 is 73.6 Å². The lowest BCUT2D eigenvalue weighted by atomic mass is 10.2. The molecule has 0 saturated carbocycles. The number of sulfonamides is 1.